The minimum Gasteiger partial charge on any atom is -0.322 e. The summed E-state index contributed by atoms with van der Waals surface area (Å²) in [5, 5.41) is 3.26. The summed E-state index contributed by atoms with van der Waals surface area (Å²) in [7, 11) is -2.71. The number of urea groups is 1. The number of carbonyl (C=O) groups is 3. The number of imide groups is 1. The second-order valence-electron chi connectivity index (χ2n) is 7.14. The van der Waals surface area contributed by atoms with Gasteiger partial charge in [0, 0.05) is 5.56 Å². The van der Waals surface area contributed by atoms with Gasteiger partial charge in [0.25, 0.3) is 21.8 Å². The van der Waals surface area contributed by atoms with E-state index in [1.165, 1.54) is 24.3 Å². The summed E-state index contributed by atoms with van der Waals surface area (Å²) in [6, 6.07) is 13.7. The number of sulfonamides is 1. The van der Waals surface area contributed by atoms with E-state index in [-0.39, 0.29) is 10.5 Å². The van der Waals surface area contributed by atoms with Gasteiger partial charge in [0.1, 0.15) is 5.54 Å². The lowest BCUT2D eigenvalue weighted by Crippen LogP contribution is -2.48. The molecule has 0 radical (unpaired) electrons. The standard InChI is InChI=1S/C20H22N4O6S/c1-20(13-12-14-6-4-3-5-7-14)18(26)24(19(27)21-20)22-17(25)15-8-10-16(11-9-15)31(28,29)23-30-2/h3-11,23H,12-13H2,1-2H3,(H,21,27)(H,22,25). The van der Waals surface area contributed by atoms with Gasteiger partial charge in [-0.15, -0.1) is 0 Å². The zero-order valence-electron chi connectivity index (χ0n) is 16.9. The van der Waals surface area contributed by atoms with Crippen LogP contribution >= 0.6 is 0 Å². The van der Waals surface area contributed by atoms with Crippen LogP contribution in [-0.2, 0) is 26.1 Å². The molecule has 1 atom stereocenters. The molecule has 3 N–H and O–H groups in total. The van der Waals surface area contributed by atoms with Crippen molar-refractivity contribution in [3.05, 3.63) is 65.7 Å². The lowest BCUT2D eigenvalue weighted by atomic mass is 9.93. The third-order valence-corrected chi connectivity index (χ3v) is 6.13. The number of amides is 4. The van der Waals surface area contributed by atoms with Gasteiger partial charge in [-0.1, -0.05) is 35.2 Å². The molecule has 2 aromatic carbocycles. The predicted octanol–water partition coefficient (Wildman–Crippen LogP) is 1.11. The fourth-order valence-corrected chi connectivity index (χ4v) is 3.91. The highest BCUT2D eigenvalue weighted by Gasteiger charge is 2.48. The Balaban J connectivity index is 1.67. The van der Waals surface area contributed by atoms with Gasteiger partial charge in [-0.25, -0.2) is 13.2 Å². The second kappa shape index (κ2) is 8.84. The summed E-state index contributed by atoms with van der Waals surface area (Å²) in [4.78, 5) is 43.8. The third-order valence-electron chi connectivity index (χ3n) is 4.85. The van der Waals surface area contributed by atoms with Crippen molar-refractivity contribution in [1.29, 1.82) is 0 Å². The van der Waals surface area contributed by atoms with Crippen LogP contribution in [0.4, 0.5) is 4.79 Å². The van der Waals surface area contributed by atoms with Crippen LogP contribution < -0.4 is 15.6 Å². The van der Waals surface area contributed by atoms with E-state index in [0.717, 1.165) is 12.7 Å². The molecule has 164 valence electrons. The minimum absolute atomic E-state index is 0.0647. The zero-order chi connectivity index (χ0) is 22.6. The maximum absolute atomic E-state index is 12.8. The monoisotopic (exact) mass is 446 g/mol. The molecule has 0 aromatic heterocycles. The average molecular weight is 446 g/mol. The molecule has 4 amide bonds. The molecule has 0 aliphatic carbocycles. The molecule has 1 aliphatic rings. The Morgan fingerprint density at radius 3 is 2.35 bits per heavy atom. The van der Waals surface area contributed by atoms with Crippen LogP contribution in [0.1, 0.15) is 29.3 Å². The summed E-state index contributed by atoms with van der Waals surface area (Å²) in [5.41, 5.74) is 2.20. The summed E-state index contributed by atoms with van der Waals surface area (Å²) in [6.07, 6.45) is 0.920. The molecule has 0 spiro atoms. The maximum Gasteiger partial charge on any atom is 0.344 e. The molecule has 1 fully saturated rings. The molecular formula is C20H22N4O6S. The highest BCUT2D eigenvalue weighted by molar-refractivity contribution is 7.89. The predicted molar refractivity (Wildman–Crippen MR) is 110 cm³/mol. The summed E-state index contributed by atoms with van der Waals surface area (Å²) >= 11 is 0. The molecule has 1 saturated heterocycles. The zero-order valence-corrected chi connectivity index (χ0v) is 17.7. The Bertz CT molecular complexity index is 1090. The van der Waals surface area contributed by atoms with Crippen molar-refractivity contribution in [3.8, 4) is 0 Å². The molecule has 31 heavy (non-hydrogen) atoms. The highest BCUT2D eigenvalue weighted by Crippen LogP contribution is 2.22. The van der Waals surface area contributed by atoms with Gasteiger partial charge in [0.2, 0.25) is 0 Å². The lowest BCUT2D eigenvalue weighted by molar-refractivity contribution is -0.132. The minimum atomic E-state index is -3.87. The molecule has 10 nitrogen and oxygen atoms in total. The van der Waals surface area contributed by atoms with Crippen molar-refractivity contribution in [2.75, 3.05) is 7.11 Å². The van der Waals surface area contributed by atoms with Gasteiger partial charge < -0.3 is 5.32 Å². The van der Waals surface area contributed by atoms with Crippen molar-refractivity contribution in [3.63, 3.8) is 0 Å². The van der Waals surface area contributed by atoms with Crippen molar-refractivity contribution in [2.24, 2.45) is 0 Å². The van der Waals surface area contributed by atoms with E-state index in [4.69, 9.17) is 0 Å². The number of nitrogens with one attached hydrogen (secondary N) is 3. The van der Waals surface area contributed by atoms with E-state index in [0.29, 0.717) is 17.9 Å². The average Bonchev–Trinajstić information content (AvgIpc) is 2.96. The number of hydrogen-bond acceptors (Lipinski definition) is 6. The first kappa shape index (κ1) is 22.4. The van der Waals surface area contributed by atoms with Crippen molar-refractivity contribution in [1.82, 2.24) is 20.6 Å². The van der Waals surface area contributed by atoms with E-state index < -0.39 is 33.4 Å². The quantitative estimate of drug-likeness (QED) is 0.411. The van der Waals surface area contributed by atoms with Crippen LogP contribution in [0, 0.1) is 0 Å². The van der Waals surface area contributed by atoms with Crippen LogP contribution in [0.3, 0.4) is 0 Å². The first-order valence-electron chi connectivity index (χ1n) is 9.33. The molecule has 1 unspecified atom stereocenters. The van der Waals surface area contributed by atoms with E-state index in [1.807, 2.05) is 35.2 Å². The molecule has 1 heterocycles. The van der Waals surface area contributed by atoms with Gasteiger partial charge in [-0.2, -0.15) is 5.01 Å². The third kappa shape index (κ3) is 4.90. The first-order chi connectivity index (χ1) is 14.7. The van der Waals surface area contributed by atoms with Crippen molar-refractivity contribution < 1.29 is 27.6 Å². The largest absolute Gasteiger partial charge is 0.344 e. The molecular weight excluding hydrogens is 424 g/mol. The maximum atomic E-state index is 12.8. The van der Waals surface area contributed by atoms with E-state index in [9.17, 15) is 22.8 Å². The van der Waals surface area contributed by atoms with Crippen LogP contribution in [0.25, 0.3) is 0 Å². The Morgan fingerprint density at radius 2 is 1.74 bits per heavy atom. The number of carbonyl (C=O) groups excluding carboxylic acids is 3. The summed E-state index contributed by atoms with van der Waals surface area (Å²) in [6.45, 7) is 1.60. The smallest absolute Gasteiger partial charge is 0.322 e. The SMILES string of the molecule is CONS(=O)(=O)c1ccc(C(=O)NN2C(=O)NC(C)(CCc3ccccc3)C2=O)cc1. The van der Waals surface area contributed by atoms with Crippen LogP contribution in [0.15, 0.2) is 59.5 Å². The van der Waals surface area contributed by atoms with Gasteiger partial charge in [-0.05, 0) is 49.6 Å². The van der Waals surface area contributed by atoms with Crippen LogP contribution in [0.5, 0.6) is 0 Å². The fourth-order valence-electron chi connectivity index (χ4n) is 3.10. The Kier molecular flexibility index (Phi) is 6.39. The van der Waals surface area contributed by atoms with E-state index in [2.05, 4.69) is 15.6 Å². The van der Waals surface area contributed by atoms with Crippen LogP contribution in [-0.4, -0.2) is 43.9 Å². The number of aryl methyl sites for hydroxylation is 1. The lowest BCUT2D eigenvalue weighted by Gasteiger charge is -2.21. The number of benzene rings is 2. The first-order valence-corrected chi connectivity index (χ1v) is 10.8. The van der Waals surface area contributed by atoms with E-state index in [1.54, 1.807) is 6.92 Å². The summed E-state index contributed by atoms with van der Waals surface area (Å²) in [5.74, 6) is -1.32. The number of nitrogens with zero attached hydrogens (tertiary/aromatic N) is 1. The summed E-state index contributed by atoms with van der Waals surface area (Å²) < 4.78 is 23.7. The van der Waals surface area contributed by atoms with Gasteiger partial charge in [0.05, 0.1) is 12.0 Å². The molecule has 2 aromatic rings. The molecule has 3 rings (SSSR count). The normalized spacial score (nSPS) is 18.7. The van der Waals surface area contributed by atoms with Crippen molar-refractivity contribution >= 4 is 27.9 Å². The topological polar surface area (TPSA) is 134 Å². The van der Waals surface area contributed by atoms with Gasteiger partial charge >= 0.3 is 6.03 Å². The van der Waals surface area contributed by atoms with Crippen LogP contribution in [0.2, 0.25) is 0 Å². The fraction of sp³-hybridized carbons (Fsp3) is 0.250. The Morgan fingerprint density at radius 1 is 1.10 bits per heavy atom. The Hall–Kier alpha value is -3.28. The molecule has 11 heteroatoms. The number of hydrazine groups is 1. The van der Waals surface area contributed by atoms with Crippen molar-refractivity contribution in [2.45, 2.75) is 30.2 Å². The van der Waals surface area contributed by atoms with E-state index >= 15 is 0 Å². The molecule has 0 saturated carbocycles. The van der Waals surface area contributed by atoms with Gasteiger partial charge in [-0.3, -0.25) is 19.9 Å². The highest BCUT2D eigenvalue weighted by atomic mass is 32.2. The molecule has 0 bridgehead atoms. The number of hydrogen-bond donors (Lipinski definition) is 3. The van der Waals surface area contributed by atoms with Gasteiger partial charge in [0.15, 0.2) is 0 Å². The number of rotatable bonds is 8. The Labute approximate surface area is 179 Å². The second-order valence-corrected chi connectivity index (χ2v) is 8.79. The molecule has 1 aliphatic heterocycles.